The molecule has 3 unspecified atom stereocenters. The van der Waals surface area contributed by atoms with E-state index in [2.05, 4.69) is 13.0 Å². The van der Waals surface area contributed by atoms with Crippen molar-refractivity contribution in [1.82, 2.24) is 0 Å². The minimum Gasteiger partial charge on any atom is -0.462 e. The predicted molar refractivity (Wildman–Crippen MR) is 71.0 cm³/mol. The number of rotatable bonds is 2. The number of ether oxygens (including phenoxy) is 1. The van der Waals surface area contributed by atoms with Gasteiger partial charge in [-0.25, -0.2) is 0 Å². The van der Waals surface area contributed by atoms with Crippen LogP contribution in [0.3, 0.4) is 0 Å². The van der Waals surface area contributed by atoms with Crippen molar-refractivity contribution in [2.75, 3.05) is 0 Å². The molecule has 0 radical (unpaired) electrons. The van der Waals surface area contributed by atoms with E-state index in [0.717, 1.165) is 25.7 Å². The number of carbonyl (C=O) groups is 1. The van der Waals surface area contributed by atoms with E-state index in [9.17, 15) is 4.79 Å². The van der Waals surface area contributed by atoms with Gasteiger partial charge < -0.3 is 4.74 Å². The van der Waals surface area contributed by atoms with Crippen LogP contribution in [-0.2, 0) is 9.53 Å². The van der Waals surface area contributed by atoms with Crippen LogP contribution >= 0.6 is 0 Å². The summed E-state index contributed by atoms with van der Waals surface area (Å²) in [6.07, 6.45) is 12.0. The summed E-state index contributed by atoms with van der Waals surface area (Å²) in [7, 11) is 0. The molecule has 0 amide bonds. The maximum absolute atomic E-state index is 12.2. The first-order valence-electron chi connectivity index (χ1n) is 7.60. The molecule has 1 aliphatic heterocycles. The summed E-state index contributed by atoms with van der Waals surface area (Å²) < 4.78 is 5.77. The Kier molecular flexibility index (Phi) is 3.45. The lowest BCUT2D eigenvalue weighted by atomic mass is 9.82. The van der Waals surface area contributed by atoms with E-state index < -0.39 is 0 Å². The zero-order valence-electron chi connectivity index (χ0n) is 11.4. The van der Waals surface area contributed by atoms with E-state index in [0.29, 0.717) is 11.8 Å². The van der Waals surface area contributed by atoms with Crippen LogP contribution in [0.1, 0.15) is 58.3 Å². The fraction of sp³-hybridized carbons (Fsp3) is 0.812. The monoisotopic (exact) mass is 248 g/mol. The maximum atomic E-state index is 12.2. The molecule has 0 aromatic rings. The average molecular weight is 248 g/mol. The zero-order valence-corrected chi connectivity index (χ0v) is 11.4. The Morgan fingerprint density at radius 3 is 2.50 bits per heavy atom. The highest BCUT2D eigenvalue weighted by molar-refractivity contribution is 5.73. The van der Waals surface area contributed by atoms with Crippen LogP contribution in [0.5, 0.6) is 0 Å². The molecule has 2 heteroatoms. The van der Waals surface area contributed by atoms with Crippen LogP contribution in [0.15, 0.2) is 11.6 Å². The quantitative estimate of drug-likeness (QED) is 0.548. The van der Waals surface area contributed by atoms with Gasteiger partial charge in [0.05, 0.1) is 5.92 Å². The van der Waals surface area contributed by atoms with E-state index in [4.69, 9.17) is 4.74 Å². The Morgan fingerprint density at radius 2 is 1.89 bits per heavy atom. The lowest BCUT2D eigenvalue weighted by Gasteiger charge is -2.34. The fourth-order valence-electron chi connectivity index (χ4n) is 4.09. The zero-order chi connectivity index (χ0) is 12.5. The van der Waals surface area contributed by atoms with Crippen LogP contribution in [0.4, 0.5) is 0 Å². The first kappa shape index (κ1) is 12.3. The van der Waals surface area contributed by atoms with Gasteiger partial charge in [-0.2, -0.15) is 0 Å². The highest BCUT2D eigenvalue weighted by Crippen LogP contribution is 2.40. The minimum atomic E-state index is 0.114. The molecular formula is C16H24O2. The third-order valence-electron chi connectivity index (χ3n) is 5.18. The second-order valence-electron chi connectivity index (χ2n) is 6.45. The standard InChI is InChI=1S/C16H24O2/c1-11-6-7-13(10-11)15-9-8-14(16(17)18-15)12-4-2-3-5-12/h6,12-15H,2-5,7-10H2,1H3. The number of cyclic esters (lactones) is 1. The van der Waals surface area contributed by atoms with E-state index in [1.54, 1.807) is 0 Å². The molecule has 0 N–H and O–H groups in total. The summed E-state index contributed by atoms with van der Waals surface area (Å²) >= 11 is 0. The summed E-state index contributed by atoms with van der Waals surface area (Å²) in [6, 6.07) is 0. The molecule has 1 saturated heterocycles. The van der Waals surface area contributed by atoms with Gasteiger partial charge in [-0.3, -0.25) is 4.79 Å². The van der Waals surface area contributed by atoms with Gasteiger partial charge in [-0.05, 0) is 51.4 Å². The van der Waals surface area contributed by atoms with E-state index in [-0.39, 0.29) is 18.0 Å². The molecule has 2 aliphatic carbocycles. The second-order valence-corrected chi connectivity index (χ2v) is 6.45. The van der Waals surface area contributed by atoms with Crippen LogP contribution in [-0.4, -0.2) is 12.1 Å². The van der Waals surface area contributed by atoms with Crippen molar-refractivity contribution in [3.63, 3.8) is 0 Å². The smallest absolute Gasteiger partial charge is 0.309 e. The summed E-state index contributed by atoms with van der Waals surface area (Å²) in [5.74, 6) is 1.53. The van der Waals surface area contributed by atoms with Gasteiger partial charge in [0.25, 0.3) is 0 Å². The number of hydrogen-bond acceptors (Lipinski definition) is 2. The molecule has 0 aromatic carbocycles. The molecule has 100 valence electrons. The lowest BCUT2D eigenvalue weighted by Crippen LogP contribution is -2.37. The van der Waals surface area contributed by atoms with Crippen LogP contribution < -0.4 is 0 Å². The Labute approximate surface area is 110 Å². The van der Waals surface area contributed by atoms with Crippen molar-refractivity contribution in [3.8, 4) is 0 Å². The highest BCUT2D eigenvalue weighted by Gasteiger charge is 2.39. The van der Waals surface area contributed by atoms with Crippen molar-refractivity contribution in [2.45, 2.75) is 64.4 Å². The normalized spacial score (nSPS) is 37.7. The molecule has 2 nitrogen and oxygen atoms in total. The molecule has 1 heterocycles. The molecule has 3 atom stereocenters. The SMILES string of the molecule is CC1=CCC(C2CCC(C3CCCC3)C(=O)O2)C1. The molecule has 3 rings (SSSR count). The van der Waals surface area contributed by atoms with Crippen LogP contribution in [0, 0.1) is 17.8 Å². The topological polar surface area (TPSA) is 26.3 Å². The van der Waals surface area contributed by atoms with E-state index in [1.165, 1.54) is 31.3 Å². The fourth-order valence-corrected chi connectivity index (χ4v) is 4.09. The second kappa shape index (κ2) is 5.07. The molecule has 2 fully saturated rings. The first-order valence-corrected chi connectivity index (χ1v) is 7.60. The maximum Gasteiger partial charge on any atom is 0.309 e. The van der Waals surface area contributed by atoms with Crippen molar-refractivity contribution in [1.29, 1.82) is 0 Å². The molecule has 0 bridgehead atoms. The number of hydrogen-bond donors (Lipinski definition) is 0. The molecule has 18 heavy (non-hydrogen) atoms. The molecule has 0 aromatic heterocycles. The Balaban J connectivity index is 1.56. The van der Waals surface area contributed by atoms with Crippen LogP contribution in [0.25, 0.3) is 0 Å². The average Bonchev–Trinajstić information content (AvgIpc) is 2.99. The summed E-state index contributed by atoms with van der Waals surface area (Å²) in [6.45, 7) is 2.19. The first-order chi connectivity index (χ1) is 8.74. The highest BCUT2D eigenvalue weighted by atomic mass is 16.5. The van der Waals surface area contributed by atoms with Gasteiger partial charge in [-0.1, -0.05) is 24.5 Å². The third kappa shape index (κ3) is 2.34. The van der Waals surface area contributed by atoms with Crippen LogP contribution in [0.2, 0.25) is 0 Å². The van der Waals surface area contributed by atoms with Gasteiger partial charge in [0.1, 0.15) is 6.10 Å². The van der Waals surface area contributed by atoms with Crippen molar-refractivity contribution < 1.29 is 9.53 Å². The predicted octanol–water partition coefficient (Wildman–Crippen LogP) is 3.85. The Morgan fingerprint density at radius 1 is 1.11 bits per heavy atom. The Hall–Kier alpha value is -0.790. The van der Waals surface area contributed by atoms with E-state index in [1.807, 2.05) is 0 Å². The largest absolute Gasteiger partial charge is 0.462 e. The van der Waals surface area contributed by atoms with Gasteiger partial charge in [0, 0.05) is 5.92 Å². The molecule has 3 aliphatic rings. The number of esters is 1. The molecule has 0 spiro atoms. The number of carbonyl (C=O) groups excluding carboxylic acids is 1. The number of allylic oxidation sites excluding steroid dienone is 2. The van der Waals surface area contributed by atoms with Crippen molar-refractivity contribution >= 4 is 5.97 Å². The van der Waals surface area contributed by atoms with Crippen molar-refractivity contribution in [3.05, 3.63) is 11.6 Å². The molecular weight excluding hydrogens is 224 g/mol. The third-order valence-corrected chi connectivity index (χ3v) is 5.18. The minimum absolute atomic E-state index is 0.114. The van der Waals surface area contributed by atoms with Gasteiger partial charge in [0.15, 0.2) is 0 Å². The van der Waals surface area contributed by atoms with Gasteiger partial charge >= 0.3 is 5.97 Å². The van der Waals surface area contributed by atoms with Gasteiger partial charge in [-0.15, -0.1) is 0 Å². The lowest BCUT2D eigenvalue weighted by molar-refractivity contribution is -0.166. The van der Waals surface area contributed by atoms with E-state index >= 15 is 0 Å². The molecule has 1 saturated carbocycles. The summed E-state index contributed by atoms with van der Waals surface area (Å²) in [5.41, 5.74) is 1.47. The Bertz CT molecular complexity index is 352. The summed E-state index contributed by atoms with van der Waals surface area (Å²) in [4.78, 5) is 12.2. The summed E-state index contributed by atoms with van der Waals surface area (Å²) in [5, 5.41) is 0. The van der Waals surface area contributed by atoms with Crippen molar-refractivity contribution in [2.24, 2.45) is 17.8 Å². The van der Waals surface area contributed by atoms with Gasteiger partial charge in [0.2, 0.25) is 0 Å².